The van der Waals surface area contributed by atoms with E-state index >= 15 is 0 Å². The number of hydrogen-bond acceptors (Lipinski definition) is 0. The van der Waals surface area contributed by atoms with Gasteiger partial charge in [0.1, 0.15) is 0 Å². The van der Waals surface area contributed by atoms with E-state index in [0.717, 1.165) is 16.3 Å². The Morgan fingerprint density at radius 2 is 1.19 bits per heavy atom. The van der Waals surface area contributed by atoms with Crippen LogP contribution in [-0.4, -0.2) is 0 Å². The summed E-state index contributed by atoms with van der Waals surface area (Å²) < 4.78 is 0. The first-order valence-electron chi connectivity index (χ1n) is 8.82. The Labute approximate surface area is 214 Å². The maximum absolute atomic E-state index is 3.62. The van der Waals surface area contributed by atoms with Crippen molar-refractivity contribution in [3.05, 3.63) is 89.7 Å². The van der Waals surface area contributed by atoms with Crippen LogP contribution in [0.15, 0.2) is 60.2 Å². The van der Waals surface area contributed by atoms with Crippen molar-refractivity contribution in [3.63, 3.8) is 0 Å². The second-order valence-electron chi connectivity index (χ2n) is 5.42. The minimum atomic E-state index is 0. The standard InChI is InChI=1S/C18H14.C5H5.C2H6.2Y/c1-3-13-14(4-2)16-10-6-8-12-18(16)17-11-7-5-9-15(13)17;1-5-3-2-4-5;1-2;;/h3-10H,1-2H3;2-4H,1H2;1-2H3;;/q-2;-1;;;/b13-3+,14-4+;;;;. The number of hydrogen-bond donors (Lipinski definition) is 0. The molecule has 3 aromatic rings. The van der Waals surface area contributed by atoms with Gasteiger partial charge in [0.05, 0.1) is 0 Å². The summed E-state index contributed by atoms with van der Waals surface area (Å²) in [5.74, 6) is 0. The minimum Gasteiger partial charge on any atom is -0.218 e. The molecule has 0 saturated heterocycles. The van der Waals surface area contributed by atoms with Gasteiger partial charge in [-0.1, -0.05) is 36.4 Å². The zero-order valence-corrected chi connectivity index (χ0v) is 22.4. The quantitative estimate of drug-likeness (QED) is 0.280. The molecule has 0 N–H and O–H groups in total. The summed E-state index contributed by atoms with van der Waals surface area (Å²) in [5, 5.41) is 7.40. The topological polar surface area (TPSA) is 0 Å². The average molecular weight is 503 g/mol. The molecule has 0 fully saturated rings. The molecule has 0 heterocycles. The van der Waals surface area contributed by atoms with Crippen molar-refractivity contribution in [2.75, 3.05) is 0 Å². The van der Waals surface area contributed by atoms with Crippen LogP contribution in [0.1, 0.15) is 27.7 Å². The van der Waals surface area contributed by atoms with E-state index in [0.29, 0.717) is 0 Å². The molecule has 1 aliphatic rings. The van der Waals surface area contributed by atoms with Gasteiger partial charge in [-0.25, -0.2) is 10.8 Å². The van der Waals surface area contributed by atoms with Crippen molar-refractivity contribution in [2.45, 2.75) is 27.7 Å². The van der Waals surface area contributed by atoms with E-state index in [-0.39, 0.29) is 65.4 Å². The maximum Gasteiger partial charge on any atom is 0 e. The van der Waals surface area contributed by atoms with E-state index < -0.39 is 0 Å². The van der Waals surface area contributed by atoms with Gasteiger partial charge >= 0.3 is 0 Å². The van der Waals surface area contributed by atoms with Gasteiger partial charge in [0, 0.05) is 65.4 Å². The molecule has 0 spiro atoms. The summed E-state index contributed by atoms with van der Waals surface area (Å²) in [4.78, 5) is 0. The maximum atomic E-state index is 3.62. The zero-order valence-electron chi connectivity index (χ0n) is 16.7. The average Bonchev–Trinajstić information content (AvgIpc) is 2.67. The van der Waals surface area contributed by atoms with E-state index in [1.54, 1.807) is 0 Å². The molecule has 134 valence electrons. The van der Waals surface area contributed by atoms with Crippen LogP contribution in [0.25, 0.3) is 33.7 Å². The fourth-order valence-corrected chi connectivity index (χ4v) is 2.88. The van der Waals surface area contributed by atoms with Gasteiger partial charge in [0.25, 0.3) is 0 Å². The number of rotatable bonds is 0. The Balaban J connectivity index is 0.000000647. The van der Waals surface area contributed by atoms with Crippen LogP contribution in [0.2, 0.25) is 0 Å². The predicted octanol–water partition coefficient (Wildman–Crippen LogP) is 5.53. The van der Waals surface area contributed by atoms with Gasteiger partial charge in [-0.2, -0.15) is 55.0 Å². The second-order valence-corrected chi connectivity index (χ2v) is 5.42. The van der Waals surface area contributed by atoms with Gasteiger partial charge < -0.3 is 0 Å². The summed E-state index contributed by atoms with van der Waals surface area (Å²) >= 11 is 0. The molecule has 0 nitrogen and oxygen atoms in total. The molecule has 27 heavy (non-hydrogen) atoms. The molecule has 0 unspecified atom stereocenters. The molecule has 0 aromatic heterocycles. The van der Waals surface area contributed by atoms with Crippen LogP contribution >= 0.6 is 0 Å². The molecule has 0 bridgehead atoms. The van der Waals surface area contributed by atoms with E-state index in [4.69, 9.17) is 0 Å². The molecule has 0 saturated carbocycles. The van der Waals surface area contributed by atoms with Crippen LogP contribution < -0.4 is 10.4 Å². The summed E-state index contributed by atoms with van der Waals surface area (Å²) in [6.45, 7) is 11.8. The van der Waals surface area contributed by atoms with Gasteiger partial charge in [0.2, 0.25) is 0 Å². The van der Waals surface area contributed by atoms with Crippen molar-refractivity contribution in [1.29, 1.82) is 0 Å². The van der Waals surface area contributed by atoms with Crippen LogP contribution in [0.5, 0.6) is 0 Å². The van der Waals surface area contributed by atoms with Gasteiger partial charge in [-0.05, 0) is 13.8 Å². The third-order valence-corrected chi connectivity index (χ3v) is 4.03. The molecule has 2 radical (unpaired) electrons. The molecule has 0 amide bonds. The largest absolute Gasteiger partial charge is 0.218 e. The Morgan fingerprint density at radius 1 is 0.815 bits per heavy atom. The molecule has 4 rings (SSSR count). The van der Waals surface area contributed by atoms with Crippen molar-refractivity contribution in [1.82, 2.24) is 0 Å². The van der Waals surface area contributed by atoms with Crippen molar-refractivity contribution < 1.29 is 65.4 Å². The minimum absolute atomic E-state index is 0. The fraction of sp³-hybridized carbons (Fsp3) is 0.160. The van der Waals surface area contributed by atoms with E-state index in [2.05, 4.69) is 57.2 Å². The van der Waals surface area contributed by atoms with Crippen LogP contribution in [0.3, 0.4) is 0 Å². The normalized spacial score (nSPS) is 12.5. The number of benzene rings is 3. The molecule has 2 heteroatoms. The molecule has 3 aromatic carbocycles. The number of allylic oxidation sites excluding steroid dienone is 4. The predicted molar refractivity (Wildman–Crippen MR) is 113 cm³/mol. The van der Waals surface area contributed by atoms with E-state index in [9.17, 15) is 0 Å². The van der Waals surface area contributed by atoms with E-state index in [1.807, 2.05) is 56.3 Å². The summed E-state index contributed by atoms with van der Waals surface area (Å²) in [7, 11) is 0. The summed E-state index contributed by atoms with van der Waals surface area (Å²) in [6.07, 6.45) is 10.3. The Hall–Kier alpha value is -0.522. The summed E-state index contributed by atoms with van der Waals surface area (Å²) in [5.41, 5.74) is 1.13. The summed E-state index contributed by atoms with van der Waals surface area (Å²) in [6, 6.07) is 19.1. The molecular formula is C25H25Y2-3. The third-order valence-electron chi connectivity index (χ3n) is 4.03. The van der Waals surface area contributed by atoms with Crippen molar-refractivity contribution >= 4 is 33.7 Å². The van der Waals surface area contributed by atoms with Gasteiger partial charge in [0.15, 0.2) is 0 Å². The fourth-order valence-electron chi connectivity index (χ4n) is 2.88. The van der Waals surface area contributed by atoms with Crippen LogP contribution in [-0.2, 0) is 65.4 Å². The monoisotopic (exact) mass is 503 g/mol. The van der Waals surface area contributed by atoms with Crippen LogP contribution in [0.4, 0.5) is 0 Å². The van der Waals surface area contributed by atoms with Crippen molar-refractivity contribution in [2.24, 2.45) is 0 Å². The van der Waals surface area contributed by atoms with E-state index in [1.165, 1.54) is 21.2 Å². The first-order chi connectivity index (χ1) is 12.3. The Kier molecular flexibility index (Phi) is 13.4. The first-order valence-corrected chi connectivity index (χ1v) is 8.82. The second kappa shape index (κ2) is 13.6. The van der Waals surface area contributed by atoms with Gasteiger partial charge in [-0.3, -0.25) is 0 Å². The molecular weight excluding hydrogens is 478 g/mol. The molecule has 1 aliphatic carbocycles. The third kappa shape index (κ3) is 6.23. The Bertz CT molecular complexity index is 968. The van der Waals surface area contributed by atoms with Crippen LogP contribution in [0, 0.1) is 19.1 Å². The number of fused-ring (bicyclic) bond motifs is 3. The zero-order chi connectivity index (χ0) is 18.2. The van der Waals surface area contributed by atoms with Gasteiger partial charge in [-0.15, -0.1) is 35.0 Å². The Morgan fingerprint density at radius 3 is 1.44 bits per heavy atom. The van der Waals surface area contributed by atoms with Crippen molar-refractivity contribution in [3.8, 4) is 0 Å². The smallest absolute Gasteiger partial charge is 0 e. The molecule has 0 atom stereocenters. The molecule has 0 aliphatic heterocycles. The SMILES string of the molecule is C/C=c1\c(=C/C)c2ccc[c-]c2c2[c-]cccc12.CC.[CH2-]C1=CC=C1.[Y].[Y]. The first kappa shape index (κ1) is 26.5.